The molecule has 12 heteroatoms. The van der Waals surface area contributed by atoms with Gasteiger partial charge in [0, 0.05) is 6.61 Å². The molecule has 0 aliphatic carbocycles. The molecular weight excluding hydrogens is 493 g/mol. The van der Waals surface area contributed by atoms with Crippen molar-refractivity contribution in [1.82, 2.24) is 0 Å². The van der Waals surface area contributed by atoms with Gasteiger partial charge in [-0.25, -0.2) is 4.79 Å². The van der Waals surface area contributed by atoms with Crippen molar-refractivity contribution >= 4 is 22.1 Å². The summed E-state index contributed by atoms with van der Waals surface area (Å²) in [6.45, 7) is 2.16. The second-order valence-electron chi connectivity index (χ2n) is 8.21. The van der Waals surface area contributed by atoms with E-state index in [9.17, 15) is 18.0 Å². The Morgan fingerprint density at radius 1 is 0.676 bits per heavy atom. The summed E-state index contributed by atoms with van der Waals surface area (Å²) in [6.07, 6.45) is 16.9. The topological polar surface area (TPSA) is 138 Å². The van der Waals surface area contributed by atoms with Crippen LogP contribution in [0, 0.1) is 0 Å². The van der Waals surface area contributed by atoms with Crippen molar-refractivity contribution in [2.75, 3.05) is 6.61 Å². The number of unbranched alkanes of at least 4 members (excludes halogenated alkanes) is 15. The molecule has 0 amide bonds. The van der Waals surface area contributed by atoms with Crippen LogP contribution in [0.2, 0.25) is 0 Å². The smallest absolute Gasteiger partial charge is 1.00 e. The van der Waals surface area contributed by atoms with Crippen LogP contribution in [0.25, 0.3) is 0 Å². The number of ether oxygens (including phenoxy) is 1. The zero-order valence-electron chi connectivity index (χ0n) is 25.0. The Hall–Kier alpha value is 1.81. The number of carbonyl (C=O) groups is 2. The zero-order chi connectivity index (χ0) is 23.5. The Bertz CT molecular complexity index is 606. The molecule has 0 fully saturated rings. The van der Waals surface area contributed by atoms with Crippen molar-refractivity contribution in [2.24, 2.45) is 0 Å². The first-order valence-electron chi connectivity index (χ1n) is 11.7. The van der Waals surface area contributed by atoms with Crippen LogP contribution in [-0.2, 0) is 24.4 Å². The summed E-state index contributed by atoms with van der Waals surface area (Å²) in [6, 6.07) is 0. The Morgan fingerprint density at radius 2 is 1.00 bits per heavy atom. The third-order valence-corrected chi connectivity index (χ3v) is 6.47. The second kappa shape index (κ2) is 27.8. The Balaban J connectivity index is -0.000000300. The van der Waals surface area contributed by atoms with Crippen molar-refractivity contribution in [3.8, 4) is 0 Å². The van der Waals surface area contributed by atoms with E-state index in [4.69, 9.17) is 19.5 Å². The molecule has 8 nitrogen and oxygen atoms in total. The summed E-state index contributed by atoms with van der Waals surface area (Å²) in [5.74, 6) is -3.69. The van der Waals surface area contributed by atoms with Gasteiger partial charge in [-0.05, 0) is 6.42 Å². The summed E-state index contributed by atoms with van der Waals surface area (Å²) >= 11 is 0. The van der Waals surface area contributed by atoms with E-state index in [2.05, 4.69) is 6.92 Å². The maximum absolute atomic E-state index is 11.1. The summed E-state index contributed by atoms with van der Waals surface area (Å²) in [5.41, 5.74) is 0. The van der Waals surface area contributed by atoms with Crippen molar-refractivity contribution in [3.63, 3.8) is 0 Å². The van der Waals surface area contributed by atoms with E-state index >= 15 is 0 Å². The predicted octanol–water partition coefficient (Wildman–Crippen LogP) is -3.59. The fraction of sp³-hybridized carbons (Fsp3) is 0.909. The van der Waals surface area contributed by atoms with Crippen molar-refractivity contribution < 1.29 is 130 Å². The van der Waals surface area contributed by atoms with Gasteiger partial charge in [0.15, 0.2) is 6.10 Å². The minimum Gasteiger partial charge on any atom is -1.00 e. The van der Waals surface area contributed by atoms with Crippen LogP contribution in [0.4, 0.5) is 0 Å². The summed E-state index contributed by atoms with van der Waals surface area (Å²) in [4.78, 5) is 22.1. The predicted molar refractivity (Wildman–Crippen MR) is 123 cm³/mol. The molecule has 0 saturated heterocycles. The monoisotopic (exact) mass is 538 g/mol. The van der Waals surface area contributed by atoms with Gasteiger partial charge in [0.05, 0.1) is 0 Å². The van der Waals surface area contributed by atoms with Crippen LogP contribution in [-0.4, -0.2) is 53.1 Å². The van der Waals surface area contributed by atoms with Gasteiger partial charge in [0.1, 0.15) is 0 Å². The molecule has 0 radical (unpaired) electrons. The van der Waals surface area contributed by atoms with Crippen molar-refractivity contribution in [3.05, 3.63) is 0 Å². The summed E-state index contributed by atoms with van der Waals surface area (Å²) in [5, 5.41) is 15.4. The third kappa shape index (κ3) is 24.2. The van der Waals surface area contributed by atoms with E-state index in [0.717, 1.165) is 25.7 Å². The molecule has 0 aliphatic heterocycles. The molecule has 0 saturated carbocycles. The number of hydrogen-bond donors (Lipinski definition) is 3. The fourth-order valence-corrected chi connectivity index (χ4v) is 4.32. The van der Waals surface area contributed by atoms with Crippen LogP contribution < -0.4 is 88.7 Å². The normalized spacial score (nSPS) is 12.5. The first-order chi connectivity index (χ1) is 14.7. The molecule has 0 rings (SSSR count). The van der Waals surface area contributed by atoms with Crippen LogP contribution in [0.3, 0.4) is 0 Å². The van der Waals surface area contributed by atoms with Gasteiger partial charge in [-0.3, -0.25) is 9.35 Å². The maximum atomic E-state index is 11.1. The minimum atomic E-state index is -5.09. The Labute approximate surface area is 277 Å². The van der Waals surface area contributed by atoms with Gasteiger partial charge in [-0.15, -0.1) is 0 Å². The zero-order valence-corrected chi connectivity index (χ0v) is 28.8. The molecular formula is C22H45Na3O8S. The maximum Gasteiger partial charge on any atom is 1.00 e. The Kier molecular flexibility index (Phi) is 35.1. The molecule has 34 heavy (non-hydrogen) atoms. The van der Waals surface area contributed by atoms with Gasteiger partial charge in [0.2, 0.25) is 5.25 Å². The molecule has 0 aliphatic rings. The van der Waals surface area contributed by atoms with Crippen LogP contribution in [0.5, 0.6) is 0 Å². The number of rotatable bonds is 22. The second-order valence-corrected chi connectivity index (χ2v) is 9.74. The van der Waals surface area contributed by atoms with Crippen molar-refractivity contribution in [1.29, 1.82) is 0 Å². The van der Waals surface area contributed by atoms with E-state index in [0.29, 0.717) is 6.42 Å². The molecule has 0 spiro atoms. The van der Waals surface area contributed by atoms with Crippen LogP contribution >= 0.6 is 0 Å². The molecule has 190 valence electrons. The van der Waals surface area contributed by atoms with E-state index in [1.165, 1.54) is 70.6 Å². The quantitative estimate of drug-likeness (QED) is 0.0731. The summed E-state index contributed by atoms with van der Waals surface area (Å²) < 4.78 is 36.2. The van der Waals surface area contributed by atoms with Gasteiger partial charge in [-0.2, -0.15) is 8.42 Å². The van der Waals surface area contributed by atoms with Crippen LogP contribution in [0.15, 0.2) is 0 Å². The molecule has 3 N–H and O–H groups in total. The summed E-state index contributed by atoms with van der Waals surface area (Å²) in [7, 11) is -5.09. The largest absolute Gasteiger partial charge is 1.00 e. The first kappa shape index (κ1) is 42.9. The molecule has 0 aromatic heterocycles. The van der Waals surface area contributed by atoms with Gasteiger partial charge < -0.3 is 19.2 Å². The number of aliphatic carboxylic acids is 2. The van der Waals surface area contributed by atoms with Crippen molar-refractivity contribution in [2.45, 2.75) is 121 Å². The molecule has 0 bridgehead atoms. The van der Waals surface area contributed by atoms with E-state index in [-0.39, 0.29) is 99.6 Å². The number of hydrogen-bond acceptors (Lipinski definition) is 5. The van der Waals surface area contributed by atoms with Gasteiger partial charge in [-0.1, -0.05) is 103 Å². The first-order valence-corrected chi connectivity index (χ1v) is 13.3. The average Bonchev–Trinajstić information content (AvgIpc) is 2.67. The third-order valence-electron chi connectivity index (χ3n) is 5.38. The van der Waals surface area contributed by atoms with E-state index in [1.54, 1.807) is 0 Å². The SMILES string of the molecule is CCCCCCCCCCCCCCCCCCOC(C(=O)O)C(C(=O)O)S(=O)(=O)O.[H-].[H-].[H-].[Na+].[Na+].[Na+]. The molecule has 0 heterocycles. The van der Waals surface area contributed by atoms with Gasteiger partial charge in [0.25, 0.3) is 10.1 Å². The minimum absolute atomic E-state index is 0. The molecule has 0 aromatic carbocycles. The average molecular weight is 539 g/mol. The number of carboxylic acids is 2. The standard InChI is InChI=1S/C22H42O8S.3Na.3H/c1-2-3-4-5-6-7-8-9-10-11-12-13-14-15-16-17-18-30-19(21(23)24)20(22(25)26)31(27,28)29;;;;;;/h19-20H,2-18H2,1H3,(H,23,24)(H,25,26)(H,27,28,29);;;;;;/q;3*+1;3*-1. The van der Waals surface area contributed by atoms with Gasteiger partial charge >= 0.3 is 101 Å². The van der Waals surface area contributed by atoms with E-state index < -0.39 is 33.4 Å². The van der Waals surface area contributed by atoms with E-state index in [1.807, 2.05) is 0 Å². The number of carboxylic acid groups (broad SMARTS) is 2. The molecule has 2 unspecified atom stereocenters. The fourth-order valence-electron chi connectivity index (χ4n) is 3.56. The van der Waals surface area contributed by atoms with Crippen LogP contribution in [0.1, 0.15) is 114 Å². The molecule has 2 atom stereocenters. The molecule has 0 aromatic rings. The Morgan fingerprint density at radius 3 is 1.26 bits per heavy atom.